The summed E-state index contributed by atoms with van der Waals surface area (Å²) in [7, 11) is 1.36. The van der Waals surface area contributed by atoms with Crippen molar-refractivity contribution in [3.05, 3.63) is 0 Å². The number of esters is 1. The molecule has 0 amide bonds. The molecule has 0 aromatic carbocycles. The monoisotopic (exact) mass is 621 g/mol. The highest BCUT2D eigenvalue weighted by Gasteiger charge is 2.20. The number of hydrogen-bond acceptors (Lipinski definition) is 7. The third-order valence-corrected chi connectivity index (χ3v) is 8.34. The van der Waals surface area contributed by atoms with Gasteiger partial charge in [-0.25, -0.2) is 0 Å². The molecule has 0 fully saturated rings. The Morgan fingerprint density at radius 3 is 1.52 bits per heavy atom. The number of unbranched alkanes of at least 4 members (excludes halogenated alkanes) is 18. The van der Waals surface area contributed by atoms with Gasteiger partial charge in [0.2, 0.25) is 0 Å². The fourth-order valence-corrected chi connectivity index (χ4v) is 5.43. The quantitative estimate of drug-likeness (QED) is 0.0322. The number of nitrogens with zero attached hydrogens (tertiary/aromatic N) is 1. The number of ether oxygens (including phenoxy) is 2. The Labute approximate surface area is 259 Å². The first-order valence-electron chi connectivity index (χ1n) is 17.3. The van der Waals surface area contributed by atoms with E-state index < -0.39 is 13.9 Å². The largest absolute Gasteiger partial charge is 0.756 e. The van der Waals surface area contributed by atoms with Crippen molar-refractivity contribution in [2.24, 2.45) is 0 Å². The zero-order valence-electron chi connectivity index (χ0n) is 28.2. The average molecular weight is 622 g/mol. The second-order valence-corrected chi connectivity index (χ2v) is 14.3. The highest BCUT2D eigenvalue weighted by Crippen LogP contribution is 2.38. The Balaban J connectivity index is 3.79. The molecular formula is C33H68NO7P. The molecule has 8 nitrogen and oxygen atoms in total. The fourth-order valence-electron chi connectivity index (χ4n) is 4.70. The molecule has 0 aliphatic heterocycles. The molecular weight excluding hydrogens is 553 g/mol. The van der Waals surface area contributed by atoms with Crippen LogP contribution in [0.4, 0.5) is 0 Å². The highest BCUT2D eigenvalue weighted by molar-refractivity contribution is 7.45. The van der Waals surface area contributed by atoms with Crippen LogP contribution >= 0.6 is 7.82 Å². The number of rotatable bonds is 32. The molecule has 0 rings (SSSR count). The van der Waals surface area contributed by atoms with Gasteiger partial charge in [-0.2, -0.15) is 0 Å². The minimum absolute atomic E-state index is 0.0282. The van der Waals surface area contributed by atoms with Gasteiger partial charge in [0.1, 0.15) is 19.3 Å². The first-order chi connectivity index (χ1) is 20.1. The van der Waals surface area contributed by atoms with E-state index in [0.717, 1.165) is 12.8 Å². The summed E-state index contributed by atoms with van der Waals surface area (Å²) in [6.07, 6.45) is 25.5. The summed E-state index contributed by atoms with van der Waals surface area (Å²) in [4.78, 5) is 24.1. The van der Waals surface area contributed by atoms with Gasteiger partial charge in [-0.3, -0.25) is 9.36 Å². The van der Waals surface area contributed by atoms with Crippen LogP contribution in [0.1, 0.15) is 149 Å². The summed E-state index contributed by atoms with van der Waals surface area (Å²) in [6, 6.07) is 0. The van der Waals surface area contributed by atoms with E-state index in [1.807, 2.05) is 28.1 Å². The maximum atomic E-state index is 12.1. The maximum absolute atomic E-state index is 12.1. The van der Waals surface area contributed by atoms with Crippen LogP contribution < -0.4 is 4.89 Å². The first-order valence-corrected chi connectivity index (χ1v) is 18.7. The van der Waals surface area contributed by atoms with Gasteiger partial charge in [-0.15, -0.1) is 0 Å². The van der Waals surface area contributed by atoms with Crippen LogP contribution in [0, 0.1) is 0 Å². The molecule has 0 bridgehead atoms. The lowest BCUT2D eigenvalue weighted by atomic mass is 10.0. The Morgan fingerprint density at radius 1 is 0.643 bits per heavy atom. The number of phosphoric ester groups is 1. The zero-order valence-corrected chi connectivity index (χ0v) is 29.1. The number of phosphoric acid groups is 1. The van der Waals surface area contributed by atoms with E-state index in [2.05, 4.69) is 6.92 Å². The summed E-state index contributed by atoms with van der Waals surface area (Å²) in [5, 5.41) is 0. The van der Waals surface area contributed by atoms with Crippen molar-refractivity contribution in [1.29, 1.82) is 0 Å². The molecule has 0 aliphatic carbocycles. The number of carbonyl (C=O) groups is 1. The Hall–Kier alpha value is -0.500. The summed E-state index contributed by atoms with van der Waals surface area (Å²) in [5.41, 5.74) is 0. The lowest BCUT2D eigenvalue weighted by Gasteiger charge is -2.28. The maximum Gasteiger partial charge on any atom is 0.306 e. The topological polar surface area (TPSA) is 94.1 Å². The molecule has 0 saturated carbocycles. The average Bonchev–Trinajstić information content (AvgIpc) is 2.91. The lowest BCUT2D eigenvalue weighted by Crippen LogP contribution is -2.37. The Bertz CT molecular complexity index is 657. The van der Waals surface area contributed by atoms with Gasteiger partial charge in [-0.1, -0.05) is 129 Å². The number of quaternary nitrogens is 1. The molecule has 0 aromatic heterocycles. The van der Waals surface area contributed by atoms with Crippen molar-refractivity contribution in [1.82, 2.24) is 0 Å². The molecule has 0 saturated heterocycles. The normalized spacial score (nSPS) is 14.1. The zero-order chi connectivity index (χ0) is 31.4. The van der Waals surface area contributed by atoms with Gasteiger partial charge in [0.25, 0.3) is 7.82 Å². The first kappa shape index (κ1) is 41.5. The molecule has 42 heavy (non-hydrogen) atoms. The second-order valence-electron chi connectivity index (χ2n) is 12.9. The summed E-state index contributed by atoms with van der Waals surface area (Å²) >= 11 is 0. The third-order valence-electron chi connectivity index (χ3n) is 7.38. The van der Waals surface area contributed by atoms with Gasteiger partial charge >= 0.3 is 5.97 Å². The van der Waals surface area contributed by atoms with Gasteiger partial charge < -0.3 is 27.9 Å². The Morgan fingerprint density at radius 2 is 1.10 bits per heavy atom. The van der Waals surface area contributed by atoms with Crippen LogP contribution in [-0.2, 0) is 27.9 Å². The third kappa shape index (κ3) is 30.9. The van der Waals surface area contributed by atoms with Crippen LogP contribution in [0.25, 0.3) is 0 Å². The molecule has 0 aromatic rings. The molecule has 252 valence electrons. The summed E-state index contributed by atoms with van der Waals surface area (Å²) < 4.78 is 33.7. The van der Waals surface area contributed by atoms with E-state index in [0.29, 0.717) is 24.1 Å². The van der Waals surface area contributed by atoms with Crippen LogP contribution in [0.5, 0.6) is 0 Å². The SMILES string of the molecule is CCCCCCCCCCCCCCCCCCCCCOCC(COP(=O)([O-])OCC[N+](C)(C)C)OC(=O)CCC. The summed E-state index contributed by atoms with van der Waals surface area (Å²) in [5.74, 6) is -0.384. The molecule has 0 N–H and O–H groups in total. The van der Waals surface area contributed by atoms with E-state index in [9.17, 15) is 14.3 Å². The van der Waals surface area contributed by atoms with Crippen LogP contribution in [-0.4, -0.2) is 70.7 Å². The number of likely N-dealkylation sites (N-methyl/N-ethyl adjacent to an activating group) is 1. The molecule has 0 spiro atoms. The minimum Gasteiger partial charge on any atom is -0.756 e. The molecule has 9 heteroatoms. The predicted octanol–water partition coefficient (Wildman–Crippen LogP) is 8.35. The number of hydrogen-bond donors (Lipinski definition) is 0. The van der Waals surface area contributed by atoms with Crippen molar-refractivity contribution in [3.63, 3.8) is 0 Å². The van der Waals surface area contributed by atoms with Crippen molar-refractivity contribution < 1.29 is 37.3 Å². The molecule has 2 atom stereocenters. The minimum atomic E-state index is -4.48. The number of carbonyl (C=O) groups excluding carboxylic acids is 1. The van der Waals surface area contributed by atoms with E-state index in [1.54, 1.807) is 0 Å². The van der Waals surface area contributed by atoms with Crippen molar-refractivity contribution in [2.75, 3.05) is 54.1 Å². The van der Waals surface area contributed by atoms with Gasteiger partial charge in [0, 0.05) is 13.0 Å². The molecule has 0 radical (unpaired) electrons. The van der Waals surface area contributed by atoms with E-state index in [-0.39, 0.29) is 32.2 Å². The lowest BCUT2D eigenvalue weighted by molar-refractivity contribution is -0.870. The predicted molar refractivity (Wildman–Crippen MR) is 171 cm³/mol. The van der Waals surface area contributed by atoms with Gasteiger partial charge in [0.05, 0.1) is 34.4 Å². The van der Waals surface area contributed by atoms with Crippen LogP contribution in [0.15, 0.2) is 0 Å². The second kappa shape index (κ2) is 28.0. The summed E-state index contributed by atoms with van der Waals surface area (Å²) in [6.45, 7) is 5.06. The van der Waals surface area contributed by atoms with E-state index in [1.165, 1.54) is 109 Å². The molecule has 0 heterocycles. The molecule has 0 aliphatic rings. The molecule has 2 unspecified atom stereocenters. The van der Waals surface area contributed by atoms with Gasteiger partial charge in [-0.05, 0) is 12.8 Å². The fraction of sp³-hybridized carbons (Fsp3) is 0.970. The van der Waals surface area contributed by atoms with Crippen molar-refractivity contribution in [3.8, 4) is 0 Å². The smallest absolute Gasteiger partial charge is 0.306 e. The van der Waals surface area contributed by atoms with Crippen molar-refractivity contribution in [2.45, 2.75) is 155 Å². The van der Waals surface area contributed by atoms with E-state index in [4.69, 9.17) is 18.5 Å². The van der Waals surface area contributed by atoms with Crippen LogP contribution in [0.2, 0.25) is 0 Å². The van der Waals surface area contributed by atoms with Crippen LogP contribution in [0.3, 0.4) is 0 Å². The Kier molecular flexibility index (Phi) is 27.7. The van der Waals surface area contributed by atoms with Crippen molar-refractivity contribution >= 4 is 13.8 Å². The highest BCUT2D eigenvalue weighted by atomic mass is 31.2. The standard InChI is InChI=1S/C33H68NO7P/c1-6-8-9-10-11-12-13-14-15-16-17-18-19-20-21-22-23-24-25-28-38-30-32(41-33(35)26-7-2)31-40-42(36,37)39-29-27-34(3,4)5/h32H,6-31H2,1-5H3. The van der Waals surface area contributed by atoms with E-state index >= 15 is 0 Å². The van der Waals surface area contributed by atoms with Gasteiger partial charge in [0.15, 0.2) is 0 Å².